The Labute approximate surface area is 114 Å². The quantitative estimate of drug-likeness (QED) is 0.780. The number of carbonyl (C=O) groups excluding carboxylic acids is 2. The van der Waals surface area contributed by atoms with Crippen LogP contribution >= 0.6 is 0 Å². The van der Waals surface area contributed by atoms with Crippen LogP contribution in [0, 0.1) is 5.82 Å². The number of hydrogen-bond donors (Lipinski definition) is 2. The molecule has 3 amide bonds. The molecule has 1 aromatic carbocycles. The maximum Gasteiger partial charge on any atom is 0.317 e. The summed E-state index contributed by atoms with van der Waals surface area (Å²) >= 11 is 0. The van der Waals surface area contributed by atoms with Crippen molar-refractivity contribution in [1.82, 2.24) is 15.1 Å². The normalized spacial score (nSPS) is 21.6. The molecule has 2 aliphatic heterocycles. The van der Waals surface area contributed by atoms with E-state index in [9.17, 15) is 19.1 Å². The third kappa shape index (κ3) is 1.95. The molecule has 2 aliphatic rings. The van der Waals surface area contributed by atoms with E-state index in [-0.39, 0.29) is 23.4 Å². The van der Waals surface area contributed by atoms with Gasteiger partial charge in [-0.2, -0.15) is 0 Å². The number of halogens is 1. The van der Waals surface area contributed by atoms with Crippen molar-refractivity contribution >= 4 is 11.9 Å². The smallest absolute Gasteiger partial charge is 0.317 e. The molecule has 3 rings (SSSR count). The number of fused-ring (bicyclic) bond motifs is 1. The first-order chi connectivity index (χ1) is 9.58. The Morgan fingerprint density at radius 3 is 2.95 bits per heavy atom. The van der Waals surface area contributed by atoms with Gasteiger partial charge < -0.3 is 20.2 Å². The number of benzene rings is 1. The first-order valence-electron chi connectivity index (χ1n) is 6.39. The number of hydrogen-bond acceptors (Lipinski definition) is 3. The molecule has 2 fully saturated rings. The molecule has 0 spiro atoms. The van der Waals surface area contributed by atoms with E-state index in [2.05, 4.69) is 5.32 Å². The van der Waals surface area contributed by atoms with Gasteiger partial charge in [0.25, 0.3) is 5.91 Å². The van der Waals surface area contributed by atoms with Gasteiger partial charge in [-0.25, -0.2) is 9.18 Å². The van der Waals surface area contributed by atoms with Crippen molar-refractivity contribution in [2.45, 2.75) is 6.04 Å². The Kier molecular flexibility index (Phi) is 2.96. The van der Waals surface area contributed by atoms with Crippen LogP contribution in [0.3, 0.4) is 0 Å². The van der Waals surface area contributed by atoms with Crippen LogP contribution in [-0.4, -0.2) is 59.1 Å². The molecule has 2 saturated heterocycles. The molecule has 0 saturated carbocycles. The highest BCUT2D eigenvalue weighted by Gasteiger charge is 2.37. The molecule has 0 bridgehead atoms. The van der Waals surface area contributed by atoms with Crippen molar-refractivity contribution in [2.24, 2.45) is 0 Å². The second-order valence-corrected chi connectivity index (χ2v) is 4.92. The molecule has 6 nitrogen and oxygen atoms in total. The minimum atomic E-state index is -0.738. The number of phenols is 1. The van der Waals surface area contributed by atoms with Crippen molar-refractivity contribution in [3.05, 3.63) is 29.6 Å². The third-order valence-corrected chi connectivity index (χ3v) is 3.73. The number of aromatic hydroxyl groups is 1. The Morgan fingerprint density at radius 2 is 2.20 bits per heavy atom. The van der Waals surface area contributed by atoms with Gasteiger partial charge >= 0.3 is 6.03 Å². The van der Waals surface area contributed by atoms with Gasteiger partial charge in [0.1, 0.15) is 17.1 Å². The highest BCUT2D eigenvalue weighted by atomic mass is 19.1. The Hall–Kier alpha value is -2.31. The summed E-state index contributed by atoms with van der Waals surface area (Å²) < 4.78 is 13.7. The van der Waals surface area contributed by atoms with E-state index in [0.29, 0.717) is 26.2 Å². The lowest BCUT2D eigenvalue weighted by Gasteiger charge is -2.36. The Morgan fingerprint density at radius 1 is 1.40 bits per heavy atom. The number of urea groups is 1. The summed E-state index contributed by atoms with van der Waals surface area (Å²) in [6.07, 6.45) is 0. The second kappa shape index (κ2) is 4.66. The minimum Gasteiger partial charge on any atom is -0.507 e. The minimum absolute atomic E-state index is 0.0888. The molecule has 0 aliphatic carbocycles. The number of phenolic OH excluding ortho intramolecular Hbond substituents is 1. The van der Waals surface area contributed by atoms with E-state index in [4.69, 9.17) is 0 Å². The predicted molar refractivity (Wildman–Crippen MR) is 67.9 cm³/mol. The Balaban J connectivity index is 1.80. The summed E-state index contributed by atoms with van der Waals surface area (Å²) in [5.41, 5.74) is -0.307. The monoisotopic (exact) mass is 279 g/mol. The van der Waals surface area contributed by atoms with Crippen molar-refractivity contribution in [1.29, 1.82) is 0 Å². The van der Waals surface area contributed by atoms with Crippen molar-refractivity contribution < 1.29 is 19.1 Å². The summed E-state index contributed by atoms with van der Waals surface area (Å²) in [6.45, 7) is 1.56. The van der Waals surface area contributed by atoms with E-state index in [1.807, 2.05) is 0 Å². The van der Waals surface area contributed by atoms with E-state index in [1.54, 1.807) is 4.90 Å². The summed E-state index contributed by atoms with van der Waals surface area (Å²) in [5.74, 6) is -1.64. The molecule has 0 aromatic heterocycles. The van der Waals surface area contributed by atoms with Gasteiger partial charge in [0.15, 0.2) is 0 Å². The van der Waals surface area contributed by atoms with Crippen molar-refractivity contribution in [3.8, 4) is 5.75 Å². The van der Waals surface area contributed by atoms with Crippen LogP contribution in [0.2, 0.25) is 0 Å². The van der Waals surface area contributed by atoms with E-state index in [1.165, 1.54) is 17.0 Å². The fourth-order valence-corrected chi connectivity index (χ4v) is 2.67. The lowest BCUT2D eigenvalue weighted by atomic mass is 10.1. The SMILES string of the molecule is O=C(c1c(O)cccc1F)N1CCN2C(=O)NCC2C1. The largest absolute Gasteiger partial charge is 0.507 e. The highest BCUT2D eigenvalue weighted by molar-refractivity contribution is 5.97. The molecular weight excluding hydrogens is 265 g/mol. The van der Waals surface area contributed by atoms with Crippen LogP contribution in [0.5, 0.6) is 5.75 Å². The number of rotatable bonds is 1. The van der Waals surface area contributed by atoms with Crippen LogP contribution in [-0.2, 0) is 0 Å². The van der Waals surface area contributed by atoms with E-state index < -0.39 is 11.7 Å². The Bertz CT molecular complexity index is 558. The first kappa shape index (κ1) is 12.7. The number of nitrogens with zero attached hydrogens (tertiary/aromatic N) is 2. The standard InChI is InChI=1S/C13H14FN3O3/c14-9-2-1-3-10(18)11(9)12(19)16-4-5-17-8(7-16)6-15-13(17)20/h1-3,8,18H,4-7H2,(H,15,20). The van der Waals surface area contributed by atoms with Crippen molar-refractivity contribution in [2.75, 3.05) is 26.2 Å². The molecule has 1 unspecified atom stereocenters. The molecule has 0 radical (unpaired) electrons. The summed E-state index contributed by atoms with van der Waals surface area (Å²) in [5, 5.41) is 12.4. The zero-order chi connectivity index (χ0) is 14.3. The molecule has 7 heteroatoms. The van der Waals surface area contributed by atoms with Crippen LogP contribution in [0.25, 0.3) is 0 Å². The number of amides is 3. The second-order valence-electron chi connectivity index (χ2n) is 4.92. The molecule has 106 valence electrons. The number of nitrogens with one attached hydrogen (secondary N) is 1. The van der Waals surface area contributed by atoms with Gasteiger partial charge in [0, 0.05) is 26.2 Å². The van der Waals surface area contributed by atoms with Gasteiger partial charge in [-0.3, -0.25) is 4.79 Å². The van der Waals surface area contributed by atoms with E-state index >= 15 is 0 Å². The van der Waals surface area contributed by atoms with Gasteiger partial charge in [0.05, 0.1) is 6.04 Å². The lowest BCUT2D eigenvalue weighted by molar-refractivity contribution is 0.0609. The first-order valence-corrected chi connectivity index (χ1v) is 6.39. The molecule has 2 heterocycles. The molecule has 1 aromatic rings. The van der Waals surface area contributed by atoms with Crippen LogP contribution in [0.1, 0.15) is 10.4 Å². The highest BCUT2D eigenvalue weighted by Crippen LogP contribution is 2.23. The average molecular weight is 279 g/mol. The number of piperazine rings is 1. The summed E-state index contributed by atoms with van der Waals surface area (Å²) in [6, 6.07) is 3.56. The molecule has 20 heavy (non-hydrogen) atoms. The zero-order valence-electron chi connectivity index (χ0n) is 10.7. The van der Waals surface area contributed by atoms with Gasteiger partial charge in [-0.15, -0.1) is 0 Å². The zero-order valence-corrected chi connectivity index (χ0v) is 10.7. The molecule has 1 atom stereocenters. The molecule has 2 N–H and O–H groups in total. The van der Waals surface area contributed by atoms with Crippen molar-refractivity contribution in [3.63, 3.8) is 0 Å². The van der Waals surface area contributed by atoms with Gasteiger partial charge in [-0.05, 0) is 12.1 Å². The van der Waals surface area contributed by atoms with Crippen LogP contribution in [0.4, 0.5) is 9.18 Å². The lowest BCUT2D eigenvalue weighted by Crippen LogP contribution is -2.53. The fourth-order valence-electron chi connectivity index (χ4n) is 2.67. The third-order valence-electron chi connectivity index (χ3n) is 3.73. The number of carbonyl (C=O) groups is 2. The van der Waals surface area contributed by atoms with Crippen LogP contribution < -0.4 is 5.32 Å². The molecular formula is C13H14FN3O3. The average Bonchev–Trinajstić information content (AvgIpc) is 2.79. The topological polar surface area (TPSA) is 72.9 Å². The van der Waals surface area contributed by atoms with Gasteiger partial charge in [-0.1, -0.05) is 6.07 Å². The van der Waals surface area contributed by atoms with E-state index in [0.717, 1.165) is 6.07 Å². The predicted octanol–water partition coefficient (Wildman–Crippen LogP) is 0.381. The maximum atomic E-state index is 13.7. The van der Waals surface area contributed by atoms with Crippen LogP contribution in [0.15, 0.2) is 18.2 Å². The summed E-state index contributed by atoms with van der Waals surface area (Å²) in [4.78, 5) is 26.9. The summed E-state index contributed by atoms with van der Waals surface area (Å²) in [7, 11) is 0. The maximum absolute atomic E-state index is 13.7. The fraction of sp³-hybridized carbons (Fsp3) is 0.385. The van der Waals surface area contributed by atoms with Gasteiger partial charge in [0.2, 0.25) is 0 Å².